The second kappa shape index (κ2) is 9.92. The van der Waals surface area contributed by atoms with Crippen LogP contribution >= 0.6 is 0 Å². The van der Waals surface area contributed by atoms with Crippen molar-refractivity contribution in [3.63, 3.8) is 0 Å². The van der Waals surface area contributed by atoms with Gasteiger partial charge in [0.2, 0.25) is 0 Å². The van der Waals surface area contributed by atoms with Crippen molar-refractivity contribution in [2.45, 2.75) is 32.7 Å². The standard InChI is InChI=1S/C9H21NSi/c1-3-5-6-8-11-9-7-10-4-2/h6,8,10H,3-5,7,9,11H2,1-2H3. The van der Waals surface area contributed by atoms with Crippen molar-refractivity contribution < 1.29 is 0 Å². The molecule has 0 aromatic heterocycles. The predicted octanol–water partition coefficient (Wildman–Crippen LogP) is 1.50. The van der Waals surface area contributed by atoms with E-state index in [0.717, 1.165) is 6.54 Å². The van der Waals surface area contributed by atoms with Crippen molar-refractivity contribution in [1.29, 1.82) is 0 Å². The topological polar surface area (TPSA) is 12.0 Å². The molecule has 0 atom stereocenters. The lowest BCUT2D eigenvalue weighted by Gasteiger charge is -1.96. The Balaban J connectivity index is 2.89. The summed E-state index contributed by atoms with van der Waals surface area (Å²) in [6.07, 6.45) is 4.91. The van der Waals surface area contributed by atoms with Gasteiger partial charge in [0.05, 0.1) is 0 Å². The minimum absolute atomic E-state index is 0.128. The smallest absolute Gasteiger partial charge is 0.0462 e. The Morgan fingerprint density at radius 2 is 2.18 bits per heavy atom. The summed E-state index contributed by atoms with van der Waals surface area (Å²) in [6, 6.07) is 1.41. The molecule has 0 aliphatic rings. The normalized spacial score (nSPS) is 12.2. The van der Waals surface area contributed by atoms with Crippen molar-refractivity contribution in [2.24, 2.45) is 0 Å². The molecule has 66 valence electrons. The van der Waals surface area contributed by atoms with Crippen LogP contribution in [0.4, 0.5) is 0 Å². The van der Waals surface area contributed by atoms with E-state index in [1.165, 1.54) is 25.4 Å². The number of rotatable bonds is 7. The summed E-state index contributed by atoms with van der Waals surface area (Å²) in [6.45, 7) is 6.73. The summed E-state index contributed by atoms with van der Waals surface area (Å²) in [4.78, 5) is 0. The zero-order valence-corrected chi connectivity index (χ0v) is 9.31. The Hall–Kier alpha value is -0.0831. The van der Waals surface area contributed by atoms with Gasteiger partial charge in [0.1, 0.15) is 0 Å². The van der Waals surface area contributed by atoms with Crippen LogP contribution in [0.5, 0.6) is 0 Å². The van der Waals surface area contributed by atoms with Crippen LogP contribution in [0.3, 0.4) is 0 Å². The van der Waals surface area contributed by atoms with E-state index in [0.29, 0.717) is 0 Å². The molecule has 0 amide bonds. The Morgan fingerprint density at radius 1 is 1.36 bits per heavy atom. The minimum atomic E-state index is 0.128. The van der Waals surface area contributed by atoms with Crippen molar-refractivity contribution in [1.82, 2.24) is 5.32 Å². The zero-order valence-electron chi connectivity index (χ0n) is 7.90. The van der Waals surface area contributed by atoms with Crippen molar-refractivity contribution >= 4 is 9.52 Å². The van der Waals surface area contributed by atoms with Crippen LogP contribution in [-0.4, -0.2) is 22.6 Å². The summed E-state index contributed by atoms with van der Waals surface area (Å²) in [7, 11) is 0.128. The van der Waals surface area contributed by atoms with Gasteiger partial charge in [0.25, 0.3) is 0 Å². The first kappa shape index (κ1) is 10.9. The van der Waals surface area contributed by atoms with Crippen LogP contribution in [0.2, 0.25) is 6.04 Å². The molecule has 0 aromatic rings. The third-order valence-electron chi connectivity index (χ3n) is 1.60. The lowest BCUT2D eigenvalue weighted by atomic mass is 10.3. The molecule has 0 bridgehead atoms. The van der Waals surface area contributed by atoms with Crippen LogP contribution in [0.25, 0.3) is 0 Å². The van der Waals surface area contributed by atoms with Gasteiger partial charge in [-0.05, 0) is 25.6 Å². The van der Waals surface area contributed by atoms with Gasteiger partial charge in [-0.1, -0.05) is 26.3 Å². The van der Waals surface area contributed by atoms with E-state index in [1.54, 1.807) is 0 Å². The Labute approximate surface area is 73.1 Å². The van der Waals surface area contributed by atoms with Crippen molar-refractivity contribution in [3.05, 3.63) is 11.8 Å². The molecule has 0 unspecified atom stereocenters. The number of hydrogen-bond donors (Lipinski definition) is 1. The first-order valence-corrected chi connectivity index (χ1v) is 6.59. The van der Waals surface area contributed by atoms with Gasteiger partial charge < -0.3 is 5.32 Å². The lowest BCUT2D eigenvalue weighted by Crippen LogP contribution is -2.14. The second-order valence-electron chi connectivity index (χ2n) is 2.76. The summed E-state index contributed by atoms with van der Waals surface area (Å²) in [5.74, 6) is 0. The fourth-order valence-corrected chi connectivity index (χ4v) is 2.09. The fourth-order valence-electron chi connectivity index (χ4n) is 0.924. The maximum absolute atomic E-state index is 3.34. The fraction of sp³-hybridized carbons (Fsp3) is 0.778. The maximum Gasteiger partial charge on any atom is 0.0462 e. The molecule has 0 heterocycles. The Morgan fingerprint density at radius 3 is 2.82 bits per heavy atom. The van der Waals surface area contributed by atoms with E-state index >= 15 is 0 Å². The molecule has 2 heteroatoms. The average molecular weight is 171 g/mol. The molecule has 0 saturated heterocycles. The number of hydrogen-bond acceptors (Lipinski definition) is 1. The molecule has 1 N–H and O–H groups in total. The van der Waals surface area contributed by atoms with E-state index in [4.69, 9.17) is 0 Å². The molecule has 0 aliphatic carbocycles. The molecule has 0 aliphatic heterocycles. The first-order chi connectivity index (χ1) is 5.41. The van der Waals surface area contributed by atoms with Crippen molar-refractivity contribution in [3.8, 4) is 0 Å². The van der Waals surface area contributed by atoms with Crippen LogP contribution in [0.1, 0.15) is 26.7 Å². The Kier molecular flexibility index (Phi) is 9.84. The maximum atomic E-state index is 3.34. The summed E-state index contributed by atoms with van der Waals surface area (Å²) < 4.78 is 0. The third kappa shape index (κ3) is 9.92. The molecule has 1 nitrogen and oxygen atoms in total. The summed E-state index contributed by atoms with van der Waals surface area (Å²) in [5.41, 5.74) is 2.43. The molecule has 0 saturated carbocycles. The molecular formula is C9H21NSi. The highest BCUT2D eigenvalue weighted by Crippen LogP contribution is 1.88. The van der Waals surface area contributed by atoms with Gasteiger partial charge in [0.15, 0.2) is 0 Å². The van der Waals surface area contributed by atoms with Crippen LogP contribution < -0.4 is 5.32 Å². The lowest BCUT2D eigenvalue weighted by molar-refractivity contribution is 0.760. The van der Waals surface area contributed by atoms with E-state index in [-0.39, 0.29) is 9.52 Å². The SMILES string of the molecule is CCCC=C[SiH2]CCNCC. The highest BCUT2D eigenvalue weighted by atomic mass is 28.2. The largest absolute Gasteiger partial charge is 0.317 e. The summed E-state index contributed by atoms with van der Waals surface area (Å²) >= 11 is 0. The molecule has 11 heavy (non-hydrogen) atoms. The quantitative estimate of drug-likeness (QED) is 0.452. The number of unbranched alkanes of at least 4 members (excludes halogenated alkanes) is 1. The van der Waals surface area contributed by atoms with Crippen LogP contribution in [0, 0.1) is 0 Å². The first-order valence-electron chi connectivity index (χ1n) is 4.77. The Bertz CT molecular complexity index is 91.6. The van der Waals surface area contributed by atoms with E-state index in [2.05, 4.69) is 30.9 Å². The third-order valence-corrected chi connectivity index (χ3v) is 3.02. The average Bonchev–Trinajstić information content (AvgIpc) is 2.03. The molecule has 0 rings (SSSR count). The predicted molar refractivity (Wildman–Crippen MR) is 55.9 cm³/mol. The number of allylic oxidation sites excluding steroid dienone is 1. The van der Waals surface area contributed by atoms with Gasteiger partial charge in [-0.25, -0.2) is 0 Å². The second-order valence-corrected chi connectivity index (χ2v) is 4.51. The van der Waals surface area contributed by atoms with Crippen LogP contribution in [-0.2, 0) is 0 Å². The van der Waals surface area contributed by atoms with Gasteiger partial charge in [-0.15, -0.1) is 5.70 Å². The molecular weight excluding hydrogens is 150 g/mol. The molecule has 0 spiro atoms. The van der Waals surface area contributed by atoms with Gasteiger partial charge in [0, 0.05) is 9.52 Å². The summed E-state index contributed by atoms with van der Waals surface area (Å²) in [5, 5.41) is 3.34. The highest BCUT2D eigenvalue weighted by Gasteiger charge is 1.82. The van der Waals surface area contributed by atoms with Crippen LogP contribution in [0.15, 0.2) is 11.8 Å². The van der Waals surface area contributed by atoms with Crippen molar-refractivity contribution in [2.75, 3.05) is 13.1 Å². The molecule has 0 fully saturated rings. The van der Waals surface area contributed by atoms with Gasteiger partial charge in [-0.3, -0.25) is 0 Å². The molecule has 0 aromatic carbocycles. The van der Waals surface area contributed by atoms with E-state index < -0.39 is 0 Å². The minimum Gasteiger partial charge on any atom is -0.317 e. The van der Waals surface area contributed by atoms with E-state index in [9.17, 15) is 0 Å². The van der Waals surface area contributed by atoms with E-state index in [1.807, 2.05) is 0 Å². The number of nitrogens with one attached hydrogen (secondary N) is 1. The van der Waals surface area contributed by atoms with Gasteiger partial charge >= 0.3 is 0 Å². The monoisotopic (exact) mass is 171 g/mol. The zero-order chi connectivity index (χ0) is 8.36. The van der Waals surface area contributed by atoms with Gasteiger partial charge in [-0.2, -0.15) is 0 Å². The highest BCUT2D eigenvalue weighted by molar-refractivity contribution is 6.42. The molecule has 0 radical (unpaired) electrons.